The number of fused-ring (bicyclic) bond motifs is 1. The minimum Gasteiger partial charge on any atom is -0.445 e. The van der Waals surface area contributed by atoms with Gasteiger partial charge in [-0.15, -0.1) is 0 Å². The van der Waals surface area contributed by atoms with E-state index in [1.54, 1.807) is 12.5 Å². The maximum atomic E-state index is 6.31. The lowest BCUT2D eigenvalue weighted by atomic mass is 10.1. The zero-order valence-corrected chi connectivity index (χ0v) is 12.4. The summed E-state index contributed by atoms with van der Waals surface area (Å²) >= 11 is 0. The molecule has 112 valence electrons. The zero-order chi connectivity index (χ0) is 15.6. The van der Waals surface area contributed by atoms with Crippen LogP contribution in [0.4, 0.5) is 17.1 Å². The van der Waals surface area contributed by atoms with Gasteiger partial charge in [0.2, 0.25) is 5.89 Å². The summed E-state index contributed by atoms with van der Waals surface area (Å²) in [6.45, 7) is 0. The van der Waals surface area contributed by atoms with E-state index in [9.17, 15) is 0 Å². The number of nitrogens with two attached hydrogens (primary N) is 1. The fraction of sp³-hybridized carbons (Fsp3) is 0. The Morgan fingerprint density at radius 2 is 1.87 bits per heavy atom. The van der Waals surface area contributed by atoms with E-state index in [0.717, 1.165) is 33.4 Å². The lowest BCUT2D eigenvalue weighted by molar-refractivity contribution is 0.574. The molecule has 0 radical (unpaired) electrons. The molecule has 0 spiro atoms. The SMILES string of the molecule is Nc1c(Nc2cccc(-c3ncco3)c2)ccc2ccccc12. The molecule has 0 saturated heterocycles. The molecular formula is C19H15N3O. The first-order valence-corrected chi connectivity index (χ1v) is 7.35. The molecule has 0 aliphatic carbocycles. The number of hydrogen-bond acceptors (Lipinski definition) is 4. The Hall–Kier alpha value is -3.27. The van der Waals surface area contributed by atoms with Crippen molar-refractivity contribution in [3.63, 3.8) is 0 Å². The molecule has 3 N–H and O–H groups in total. The van der Waals surface area contributed by atoms with Gasteiger partial charge in [-0.05, 0) is 29.7 Å². The smallest absolute Gasteiger partial charge is 0.225 e. The Kier molecular flexibility index (Phi) is 3.20. The number of anilines is 3. The highest BCUT2D eigenvalue weighted by molar-refractivity contribution is 5.99. The van der Waals surface area contributed by atoms with E-state index in [0.29, 0.717) is 5.89 Å². The average molecular weight is 301 g/mol. The van der Waals surface area contributed by atoms with Crippen LogP contribution in [-0.4, -0.2) is 4.98 Å². The van der Waals surface area contributed by atoms with E-state index < -0.39 is 0 Å². The van der Waals surface area contributed by atoms with Gasteiger partial charge in [0.25, 0.3) is 0 Å². The second-order valence-electron chi connectivity index (χ2n) is 5.29. The molecule has 0 saturated carbocycles. The monoisotopic (exact) mass is 301 g/mol. The molecule has 1 heterocycles. The van der Waals surface area contributed by atoms with Crippen molar-refractivity contribution >= 4 is 27.8 Å². The minimum absolute atomic E-state index is 0.597. The molecule has 0 atom stereocenters. The van der Waals surface area contributed by atoms with Crippen LogP contribution in [-0.2, 0) is 0 Å². The van der Waals surface area contributed by atoms with Gasteiger partial charge in [0.05, 0.1) is 17.6 Å². The Balaban J connectivity index is 1.71. The van der Waals surface area contributed by atoms with Crippen molar-refractivity contribution in [2.24, 2.45) is 0 Å². The van der Waals surface area contributed by atoms with Gasteiger partial charge in [-0.1, -0.05) is 36.4 Å². The number of aromatic nitrogens is 1. The number of benzene rings is 3. The van der Waals surface area contributed by atoms with Crippen molar-refractivity contribution in [3.8, 4) is 11.5 Å². The van der Waals surface area contributed by atoms with E-state index >= 15 is 0 Å². The lowest BCUT2D eigenvalue weighted by Crippen LogP contribution is -1.97. The van der Waals surface area contributed by atoms with Gasteiger partial charge < -0.3 is 15.5 Å². The molecular weight excluding hydrogens is 286 g/mol. The first-order valence-electron chi connectivity index (χ1n) is 7.35. The highest BCUT2D eigenvalue weighted by Gasteiger charge is 2.07. The summed E-state index contributed by atoms with van der Waals surface area (Å²) in [6, 6.07) is 20.0. The summed E-state index contributed by atoms with van der Waals surface area (Å²) in [4.78, 5) is 4.17. The molecule has 4 rings (SSSR count). The standard InChI is InChI=1S/C19H15N3O/c20-18-16-7-2-1-4-13(16)8-9-17(18)22-15-6-3-5-14(12-15)19-21-10-11-23-19/h1-12,22H,20H2. The van der Waals surface area contributed by atoms with Gasteiger partial charge in [0, 0.05) is 16.6 Å². The van der Waals surface area contributed by atoms with Crippen LogP contribution < -0.4 is 11.1 Å². The van der Waals surface area contributed by atoms with Crippen molar-refractivity contribution in [1.29, 1.82) is 0 Å². The number of nitrogen functional groups attached to an aromatic ring is 1. The predicted octanol–water partition coefficient (Wildman–Crippen LogP) is 4.82. The molecule has 0 bridgehead atoms. The first kappa shape index (κ1) is 13.4. The summed E-state index contributed by atoms with van der Waals surface area (Å²) in [5.74, 6) is 0.597. The molecule has 3 aromatic carbocycles. The highest BCUT2D eigenvalue weighted by Crippen LogP contribution is 2.31. The van der Waals surface area contributed by atoms with Crippen LogP contribution >= 0.6 is 0 Å². The second kappa shape index (κ2) is 5.50. The van der Waals surface area contributed by atoms with E-state index in [2.05, 4.69) is 22.4 Å². The van der Waals surface area contributed by atoms with Crippen LogP contribution in [0.15, 0.2) is 77.5 Å². The van der Waals surface area contributed by atoms with Gasteiger partial charge in [-0.2, -0.15) is 0 Å². The van der Waals surface area contributed by atoms with Crippen molar-refractivity contribution in [2.75, 3.05) is 11.1 Å². The van der Waals surface area contributed by atoms with E-state index in [1.807, 2.05) is 48.5 Å². The molecule has 0 fully saturated rings. The maximum absolute atomic E-state index is 6.31. The molecule has 23 heavy (non-hydrogen) atoms. The van der Waals surface area contributed by atoms with Gasteiger partial charge in [0.15, 0.2) is 0 Å². The molecule has 4 aromatic rings. The first-order chi connectivity index (χ1) is 11.3. The lowest BCUT2D eigenvalue weighted by Gasteiger charge is -2.12. The van der Waals surface area contributed by atoms with Crippen LogP contribution in [0, 0.1) is 0 Å². The number of rotatable bonds is 3. The van der Waals surface area contributed by atoms with Crippen LogP contribution in [0.5, 0.6) is 0 Å². The van der Waals surface area contributed by atoms with Crippen LogP contribution in [0.3, 0.4) is 0 Å². The van der Waals surface area contributed by atoms with Crippen LogP contribution in [0.1, 0.15) is 0 Å². The summed E-state index contributed by atoms with van der Waals surface area (Å²) in [5.41, 5.74) is 9.78. The third-order valence-corrected chi connectivity index (χ3v) is 3.79. The second-order valence-corrected chi connectivity index (χ2v) is 5.29. The molecule has 0 amide bonds. The summed E-state index contributed by atoms with van der Waals surface area (Å²) in [5, 5.41) is 5.54. The zero-order valence-electron chi connectivity index (χ0n) is 12.4. The van der Waals surface area contributed by atoms with E-state index in [-0.39, 0.29) is 0 Å². The van der Waals surface area contributed by atoms with Crippen molar-refractivity contribution < 1.29 is 4.42 Å². The Bertz CT molecular complexity index is 961. The van der Waals surface area contributed by atoms with Crippen molar-refractivity contribution in [3.05, 3.63) is 73.1 Å². The Morgan fingerprint density at radius 1 is 0.957 bits per heavy atom. The number of hydrogen-bond donors (Lipinski definition) is 2. The number of oxazole rings is 1. The summed E-state index contributed by atoms with van der Waals surface area (Å²) in [6.07, 6.45) is 3.20. The number of nitrogens with one attached hydrogen (secondary N) is 1. The fourth-order valence-corrected chi connectivity index (χ4v) is 2.66. The summed E-state index contributed by atoms with van der Waals surface area (Å²) < 4.78 is 5.34. The van der Waals surface area contributed by atoms with E-state index in [1.165, 1.54) is 0 Å². The quantitative estimate of drug-likeness (QED) is 0.532. The van der Waals surface area contributed by atoms with Gasteiger partial charge in [-0.3, -0.25) is 0 Å². The average Bonchev–Trinajstić information content (AvgIpc) is 3.13. The fourth-order valence-electron chi connectivity index (χ4n) is 2.66. The minimum atomic E-state index is 0.597. The summed E-state index contributed by atoms with van der Waals surface area (Å²) in [7, 11) is 0. The largest absolute Gasteiger partial charge is 0.445 e. The predicted molar refractivity (Wildman–Crippen MR) is 93.6 cm³/mol. The van der Waals surface area contributed by atoms with E-state index in [4.69, 9.17) is 10.2 Å². The third-order valence-electron chi connectivity index (χ3n) is 3.79. The normalized spacial score (nSPS) is 10.8. The molecule has 0 aliphatic rings. The Labute approximate surface area is 133 Å². The van der Waals surface area contributed by atoms with Gasteiger partial charge in [-0.25, -0.2) is 4.98 Å². The van der Waals surface area contributed by atoms with Crippen LogP contribution in [0.2, 0.25) is 0 Å². The molecule has 4 heteroatoms. The Morgan fingerprint density at radius 3 is 2.74 bits per heavy atom. The topological polar surface area (TPSA) is 64.1 Å². The van der Waals surface area contributed by atoms with Crippen molar-refractivity contribution in [1.82, 2.24) is 4.98 Å². The molecule has 0 unspecified atom stereocenters. The molecule has 1 aromatic heterocycles. The maximum Gasteiger partial charge on any atom is 0.225 e. The molecule has 0 aliphatic heterocycles. The highest BCUT2D eigenvalue weighted by atomic mass is 16.3. The van der Waals surface area contributed by atoms with Crippen LogP contribution in [0.25, 0.3) is 22.2 Å². The van der Waals surface area contributed by atoms with Gasteiger partial charge >= 0.3 is 0 Å². The number of nitrogens with zero attached hydrogens (tertiary/aromatic N) is 1. The van der Waals surface area contributed by atoms with Crippen molar-refractivity contribution in [2.45, 2.75) is 0 Å². The molecule has 4 nitrogen and oxygen atoms in total. The van der Waals surface area contributed by atoms with Gasteiger partial charge in [0.1, 0.15) is 6.26 Å². The third kappa shape index (κ3) is 2.51.